The fourth-order valence-corrected chi connectivity index (χ4v) is 2.89. The summed E-state index contributed by atoms with van der Waals surface area (Å²) >= 11 is 6.15. The van der Waals surface area contributed by atoms with E-state index in [4.69, 9.17) is 16.1 Å². The third-order valence-corrected chi connectivity index (χ3v) is 4.32. The molecule has 1 aromatic heterocycles. The van der Waals surface area contributed by atoms with E-state index in [1.54, 1.807) is 4.90 Å². The van der Waals surface area contributed by atoms with Gasteiger partial charge in [-0.05, 0) is 18.1 Å². The van der Waals surface area contributed by atoms with Gasteiger partial charge in [0.25, 0.3) is 0 Å². The van der Waals surface area contributed by atoms with E-state index in [0.29, 0.717) is 29.7 Å². The lowest BCUT2D eigenvalue weighted by Gasteiger charge is -2.17. The maximum Gasteiger partial charge on any atom is 0.240 e. The molecule has 1 aliphatic heterocycles. The zero-order valence-corrected chi connectivity index (χ0v) is 13.6. The van der Waals surface area contributed by atoms with E-state index in [1.807, 2.05) is 24.3 Å². The van der Waals surface area contributed by atoms with Crippen LogP contribution in [0.2, 0.25) is 5.02 Å². The predicted molar refractivity (Wildman–Crippen MR) is 86.1 cm³/mol. The van der Waals surface area contributed by atoms with Crippen molar-refractivity contribution >= 4 is 18.0 Å². The molecule has 0 N–H and O–H groups in total. The summed E-state index contributed by atoms with van der Waals surface area (Å²) in [6.45, 7) is 3.90. The molecule has 0 saturated carbocycles. The maximum atomic E-state index is 10.8. The molecule has 0 unspecified atom stereocenters. The van der Waals surface area contributed by atoms with Crippen LogP contribution in [-0.4, -0.2) is 52.5 Å². The first-order valence-electron chi connectivity index (χ1n) is 7.71. The molecule has 23 heavy (non-hydrogen) atoms. The number of amides is 1. The average molecular weight is 335 g/mol. The Balaban J connectivity index is 1.59. The second-order valence-electron chi connectivity index (χ2n) is 5.64. The van der Waals surface area contributed by atoms with E-state index in [0.717, 1.165) is 44.6 Å². The third-order valence-electron chi connectivity index (χ3n) is 3.95. The van der Waals surface area contributed by atoms with Crippen LogP contribution < -0.4 is 0 Å². The van der Waals surface area contributed by atoms with Crippen LogP contribution in [0.3, 0.4) is 0 Å². The van der Waals surface area contributed by atoms with Crippen LogP contribution >= 0.6 is 11.6 Å². The predicted octanol–water partition coefficient (Wildman–Crippen LogP) is 1.98. The summed E-state index contributed by atoms with van der Waals surface area (Å²) in [6.07, 6.45) is 2.43. The molecule has 2 heterocycles. The molecule has 1 aliphatic rings. The van der Waals surface area contributed by atoms with Crippen molar-refractivity contribution < 1.29 is 9.32 Å². The largest absolute Gasteiger partial charge is 0.344 e. The molecule has 0 aliphatic carbocycles. The minimum absolute atomic E-state index is 0.558. The van der Waals surface area contributed by atoms with Crippen molar-refractivity contribution in [2.75, 3.05) is 26.2 Å². The van der Waals surface area contributed by atoms with Crippen LogP contribution in [0.1, 0.15) is 23.7 Å². The zero-order chi connectivity index (χ0) is 16.1. The zero-order valence-electron chi connectivity index (χ0n) is 12.8. The Hall–Kier alpha value is -1.92. The number of carbonyl (C=O) groups excluding carboxylic acids is 1. The van der Waals surface area contributed by atoms with Gasteiger partial charge >= 0.3 is 0 Å². The Labute approximate surface area is 140 Å². The van der Waals surface area contributed by atoms with E-state index in [1.165, 1.54) is 0 Å². The highest BCUT2D eigenvalue weighted by Crippen LogP contribution is 2.18. The normalized spacial score (nSPS) is 16.3. The Morgan fingerprint density at radius 3 is 2.91 bits per heavy atom. The Morgan fingerprint density at radius 2 is 2.09 bits per heavy atom. The van der Waals surface area contributed by atoms with Crippen LogP contribution in [0.4, 0.5) is 0 Å². The molecule has 1 amide bonds. The molecule has 1 fully saturated rings. The first kappa shape index (κ1) is 16.0. The first-order chi connectivity index (χ1) is 11.2. The summed E-state index contributed by atoms with van der Waals surface area (Å²) in [5.41, 5.74) is 0.984. The number of halogens is 1. The number of carbonyl (C=O) groups is 1. The van der Waals surface area contributed by atoms with Crippen molar-refractivity contribution in [3.05, 3.63) is 46.6 Å². The number of nitrogens with zero attached hydrogens (tertiary/aromatic N) is 4. The topological polar surface area (TPSA) is 62.5 Å². The van der Waals surface area contributed by atoms with Gasteiger partial charge < -0.3 is 9.42 Å². The third kappa shape index (κ3) is 4.30. The number of benzene rings is 1. The Kier molecular flexibility index (Phi) is 5.25. The fraction of sp³-hybridized carbons (Fsp3) is 0.438. The minimum Gasteiger partial charge on any atom is -0.344 e. The van der Waals surface area contributed by atoms with Gasteiger partial charge in [0.05, 0.1) is 6.54 Å². The van der Waals surface area contributed by atoms with Gasteiger partial charge in [-0.25, -0.2) is 0 Å². The molecule has 1 saturated heterocycles. The average Bonchev–Trinajstić information content (AvgIpc) is 2.86. The van der Waals surface area contributed by atoms with Gasteiger partial charge in [-0.15, -0.1) is 0 Å². The van der Waals surface area contributed by atoms with E-state index in [2.05, 4.69) is 15.0 Å². The number of hydrogen-bond donors (Lipinski definition) is 0. The second-order valence-corrected chi connectivity index (χ2v) is 6.05. The molecule has 2 aromatic rings. The van der Waals surface area contributed by atoms with Crippen molar-refractivity contribution in [2.45, 2.75) is 19.4 Å². The molecule has 0 bridgehead atoms. The molecule has 6 nitrogen and oxygen atoms in total. The molecule has 3 rings (SSSR count). The van der Waals surface area contributed by atoms with Gasteiger partial charge in [0.2, 0.25) is 12.3 Å². The Bertz CT molecular complexity index is 661. The van der Waals surface area contributed by atoms with E-state index < -0.39 is 0 Å². The van der Waals surface area contributed by atoms with Gasteiger partial charge in [0.15, 0.2) is 5.82 Å². The molecule has 1 aromatic carbocycles. The monoisotopic (exact) mass is 334 g/mol. The summed E-state index contributed by atoms with van der Waals surface area (Å²) in [5, 5.41) is 4.74. The molecular weight excluding hydrogens is 316 g/mol. The molecule has 122 valence electrons. The van der Waals surface area contributed by atoms with Gasteiger partial charge in [-0.2, -0.15) is 4.98 Å². The van der Waals surface area contributed by atoms with Gasteiger partial charge in [0, 0.05) is 37.6 Å². The van der Waals surface area contributed by atoms with Crippen molar-refractivity contribution in [3.63, 3.8) is 0 Å². The summed E-state index contributed by atoms with van der Waals surface area (Å²) in [5.74, 6) is 1.24. The number of aromatic nitrogens is 2. The van der Waals surface area contributed by atoms with Gasteiger partial charge in [-0.1, -0.05) is 35.0 Å². The Morgan fingerprint density at radius 1 is 1.22 bits per heavy atom. The van der Waals surface area contributed by atoms with Crippen LogP contribution in [0.15, 0.2) is 28.8 Å². The number of rotatable bonds is 5. The molecule has 0 atom stereocenters. The van der Waals surface area contributed by atoms with E-state index in [9.17, 15) is 4.79 Å². The van der Waals surface area contributed by atoms with E-state index >= 15 is 0 Å². The smallest absolute Gasteiger partial charge is 0.240 e. The minimum atomic E-state index is 0.558. The van der Waals surface area contributed by atoms with Crippen molar-refractivity contribution in [1.82, 2.24) is 19.9 Å². The standard InChI is InChI=1S/C16H19ClN4O2/c17-14-5-2-1-4-13(14)10-15-18-16(23-19-15)11-20-6-3-7-21(12-22)9-8-20/h1-2,4-5,12H,3,6-11H2. The fourth-order valence-electron chi connectivity index (χ4n) is 2.68. The highest BCUT2D eigenvalue weighted by molar-refractivity contribution is 6.31. The van der Waals surface area contributed by atoms with Crippen molar-refractivity contribution in [2.24, 2.45) is 0 Å². The van der Waals surface area contributed by atoms with Gasteiger partial charge in [-0.3, -0.25) is 9.69 Å². The molecule has 7 heteroatoms. The summed E-state index contributed by atoms with van der Waals surface area (Å²) < 4.78 is 5.34. The maximum absolute atomic E-state index is 10.8. The first-order valence-corrected chi connectivity index (χ1v) is 8.09. The summed E-state index contributed by atoms with van der Waals surface area (Å²) in [4.78, 5) is 19.3. The van der Waals surface area contributed by atoms with Crippen molar-refractivity contribution in [3.8, 4) is 0 Å². The summed E-state index contributed by atoms with van der Waals surface area (Å²) in [6, 6.07) is 7.66. The highest BCUT2D eigenvalue weighted by atomic mass is 35.5. The lowest BCUT2D eigenvalue weighted by atomic mass is 10.1. The second kappa shape index (κ2) is 7.57. The number of hydrogen-bond acceptors (Lipinski definition) is 5. The highest BCUT2D eigenvalue weighted by Gasteiger charge is 2.17. The van der Waals surface area contributed by atoms with Crippen molar-refractivity contribution in [1.29, 1.82) is 0 Å². The summed E-state index contributed by atoms with van der Waals surface area (Å²) in [7, 11) is 0. The molecule has 0 spiro atoms. The van der Waals surface area contributed by atoms with Crippen LogP contribution in [0, 0.1) is 0 Å². The molecular formula is C16H19ClN4O2. The SMILES string of the molecule is O=CN1CCCN(Cc2nc(Cc3ccccc3Cl)no2)CC1. The van der Waals surface area contributed by atoms with Crippen LogP contribution in [0.25, 0.3) is 0 Å². The van der Waals surface area contributed by atoms with E-state index in [-0.39, 0.29) is 0 Å². The lowest BCUT2D eigenvalue weighted by molar-refractivity contribution is -0.118. The van der Waals surface area contributed by atoms with Gasteiger partial charge in [0.1, 0.15) is 0 Å². The lowest BCUT2D eigenvalue weighted by Crippen LogP contribution is -2.29. The molecule has 0 radical (unpaired) electrons. The van der Waals surface area contributed by atoms with Crippen LogP contribution in [-0.2, 0) is 17.8 Å². The van der Waals surface area contributed by atoms with Crippen LogP contribution in [0.5, 0.6) is 0 Å². The quantitative estimate of drug-likeness (QED) is 0.782.